The monoisotopic (exact) mass is 450 g/mol. The Labute approximate surface area is 192 Å². The molecule has 0 spiro atoms. The molecular weight excluding hydrogens is 410 g/mol. The summed E-state index contributed by atoms with van der Waals surface area (Å²) in [6.45, 7) is 8.44. The largest absolute Gasteiger partial charge is 0.491 e. The molecule has 0 aliphatic heterocycles. The van der Waals surface area contributed by atoms with Crippen molar-refractivity contribution in [1.82, 2.24) is 0 Å². The first-order chi connectivity index (χ1) is 15.5. The zero-order chi connectivity index (χ0) is 23.6. The van der Waals surface area contributed by atoms with E-state index in [1.165, 1.54) is 12.8 Å². The number of rotatable bonds is 18. The number of hydrogen-bond donors (Lipinski definition) is 1. The standard InChI is InChI=1S/C24H39N3O5/c1-4-7-8-9-18-32-22-19-20(14-15-21(22)26-25)27(16-10-12-23(28)30-5-2)17-11-13-24(29)31-6-3/h14-15,19,25H,4-13,16-18H2,1-3H3/p+1. The van der Waals surface area contributed by atoms with Gasteiger partial charge in [-0.3, -0.25) is 9.59 Å². The number of esters is 2. The van der Waals surface area contributed by atoms with E-state index in [9.17, 15) is 9.59 Å². The van der Waals surface area contributed by atoms with E-state index in [1.807, 2.05) is 18.2 Å². The summed E-state index contributed by atoms with van der Waals surface area (Å²) in [6, 6.07) is 5.70. The molecule has 0 radical (unpaired) electrons. The van der Waals surface area contributed by atoms with Crippen LogP contribution in [-0.4, -0.2) is 44.8 Å². The van der Waals surface area contributed by atoms with E-state index in [4.69, 9.17) is 19.7 Å². The maximum atomic E-state index is 11.7. The van der Waals surface area contributed by atoms with Crippen LogP contribution in [0.3, 0.4) is 0 Å². The first kappa shape index (κ1) is 27.4. The normalized spacial score (nSPS) is 10.5. The minimum absolute atomic E-state index is 0.202. The van der Waals surface area contributed by atoms with Crippen molar-refractivity contribution >= 4 is 23.3 Å². The molecule has 0 amide bonds. The van der Waals surface area contributed by atoms with Crippen LogP contribution in [0, 0.1) is 0 Å². The fourth-order valence-electron chi connectivity index (χ4n) is 3.30. The van der Waals surface area contributed by atoms with Crippen molar-refractivity contribution in [3.05, 3.63) is 18.2 Å². The fourth-order valence-corrected chi connectivity index (χ4v) is 3.30. The summed E-state index contributed by atoms with van der Waals surface area (Å²) in [4.78, 5) is 25.6. The molecule has 0 unspecified atom stereocenters. The number of ether oxygens (including phenoxy) is 3. The number of carbonyl (C=O) groups is 2. The molecule has 0 bridgehead atoms. The molecule has 0 atom stereocenters. The van der Waals surface area contributed by atoms with Gasteiger partial charge in [0.1, 0.15) is 0 Å². The number of nitrogens with two attached hydrogens (primary N) is 1. The lowest BCUT2D eigenvalue weighted by Gasteiger charge is -2.25. The lowest BCUT2D eigenvalue weighted by molar-refractivity contribution is -0.210. The van der Waals surface area contributed by atoms with Gasteiger partial charge in [0.15, 0.2) is 11.4 Å². The minimum atomic E-state index is -0.202. The van der Waals surface area contributed by atoms with Gasteiger partial charge in [-0.15, -0.1) is 0 Å². The highest BCUT2D eigenvalue weighted by molar-refractivity contribution is 5.70. The number of nitrogens with zero attached hydrogens (tertiary/aromatic N) is 2. The average Bonchev–Trinajstić information content (AvgIpc) is 2.78. The molecular formula is C24H40N3O5+. The Morgan fingerprint density at radius 3 is 2.06 bits per heavy atom. The van der Waals surface area contributed by atoms with E-state index in [2.05, 4.69) is 16.9 Å². The Kier molecular flexibility index (Phi) is 14.5. The van der Waals surface area contributed by atoms with Crippen molar-refractivity contribution < 1.29 is 29.3 Å². The van der Waals surface area contributed by atoms with Crippen molar-refractivity contribution in [2.45, 2.75) is 72.1 Å². The number of benzene rings is 1. The van der Waals surface area contributed by atoms with Gasteiger partial charge in [0, 0.05) is 37.7 Å². The third kappa shape index (κ3) is 11.1. The van der Waals surface area contributed by atoms with Crippen LogP contribution in [0.15, 0.2) is 23.3 Å². The molecule has 0 saturated heterocycles. The number of anilines is 1. The molecule has 8 nitrogen and oxygen atoms in total. The molecule has 1 rings (SSSR count). The SMILES string of the molecule is CCCCCCOc1cc(N(CCCC(=O)OCC)CCCC(=O)OCC)ccc1N=[NH2+]. The highest BCUT2D eigenvalue weighted by Crippen LogP contribution is 2.32. The fraction of sp³-hybridized carbons (Fsp3) is 0.667. The van der Waals surface area contributed by atoms with E-state index in [0.29, 0.717) is 70.0 Å². The van der Waals surface area contributed by atoms with Crippen molar-refractivity contribution in [2.75, 3.05) is 37.8 Å². The van der Waals surface area contributed by atoms with E-state index >= 15 is 0 Å². The smallest absolute Gasteiger partial charge is 0.305 e. The van der Waals surface area contributed by atoms with Crippen molar-refractivity contribution in [1.29, 1.82) is 0 Å². The van der Waals surface area contributed by atoms with Gasteiger partial charge in [0.05, 0.1) is 19.8 Å². The Balaban J connectivity index is 2.84. The number of unbranched alkanes of at least 4 members (excludes halogenated alkanes) is 3. The lowest BCUT2D eigenvalue weighted by atomic mass is 10.2. The van der Waals surface area contributed by atoms with Crippen LogP contribution < -0.4 is 15.2 Å². The summed E-state index contributed by atoms with van der Waals surface area (Å²) in [5, 5.41) is 3.83. The van der Waals surface area contributed by atoms with Gasteiger partial charge in [-0.05, 0) is 50.4 Å². The second-order valence-electron chi connectivity index (χ2n) is 7.49. The van der Waals surface area contributed by atoms with Crippen LogP contribution in [0.5, 0.6) is 5.75 Å². The van der Waals surface area contributed by atoms with Crippen molar-refractivity contribution in [3.8, 4) is 5.75 Å². The second-order valence-corrected chi connectivity index (χ2v) is 7.49. The molecule has 0 aliphatic carbocycles. The summed E-state index contributed by atoms with van der Waals surface area (Å²) < 4.78 is 16.0. The molecule has 0 aromatic heterocycles. The number of hydrogen-bond acceptors (Lipinski definition) is 7. The predicted octanol–water partition coefficient (Wildman–Crippen LogP) is 3.98. The molecule has 2 N–H and O–H groups in total. The van der Waals surface area contributed by atoms with E-state index in [-0.39, 0.29) is 11.9 Å². The lowest BCUT2D eigenvalue weighted by Crippen LogP contribution is -2.27. The Bertz CT molecular complexity index is 672. The van der Waals surface area contributed by atoms with Crippen LogP contribution in [0.25, 0.3) is 0 Å². The quantitative estimate of drug-likeness (QED) is 0.206. The summed E-state index contributed by atoms with van der Waals surface area (Å²) in [6.07, 6.45) is 6.45. The third-order valence-corrected chi connectivity index (χ3v) is 4.93. The summed E-state index contributed by atoms with van der Waals surface area (Å²) in [7, 11) is 0. The molecule has 0 aliphatic rings. The third-order valence-electron chi connectivity index (χ3n) is 4.93. The van der Waals surface area contributed by atoms with Crippen molar-refractivity contribution in [3.63, 3.8) is 0 Å². The van der Waals surface area contributed by atoms with E-state index in [0.717, 1.165) is 18.5 Å². The van der Waals surface area contributed by atoms with Crippen LogP contribution in [-0.2, 0) is 19.1 Å². The van der Waals surface area contributed by atoms with Crippen LogP contribution in [0.4, 0.5) is 11.4 Å². The molecule has 1 aromatic rings. The molecule has 32 heavy (non-hydrogen) atoms. The maximum Gasteiger partial charge on any atom is 0.305 e. The van der Waals surface area contributed by atoms with E-state index < -0.39 is 0 Å². The number of carbonyl (C=O) groups excluding carboxylic acids is 2. The molecule has 0 fully saturated rings. The molecule has 0 saturated carbocycles. The first-order valence-corrected chi connectivity index (χ1v) is 11.8. The predicted molar refractivity (Wildman–Crippen MR) is 124 cm³/mol. The summed E-state index contributed by atoms with van der Waals surface area (Å²) >= 11 is 0. The highest BCUT2D eigenvalue weighted by atomic mass is 16.5. The van der Waals surface area contributed by atoms with Gasteiger partial charge in [-0.25, -0.2) is 0 Å². The van der Waals surface area contributed by atoms with Crippen molar-refractivity contribution in [2.24, 2.45) is 5.11 Å². The van der Waals surface area contributed by atoms with Gasteiger partial charge in [0.2, 0.25) is 0 Å². The van der Waals surface area contributed by atoms with Crippen LogP contribution in [0.2, 0.25) is 0 Å². The Morgan fingerprint density at radius 1 is 0.906 bits per heavy atom. The van der Waals surface area contributed by atoms with Gasteiger partial charge in [-0.2, -0.15) is 5.53 Å². The second kappa shape index (κ2) is 17.0. The maximum absolute atomic E-state index is 11.7. The molecule has 180 valence electrons. The molecule has 8 heteroatoms. The molecule has 0 heterocycles. The first-order valence-electron chi connectivity index (χ1n) is 11.8. The van der Waals surface area contributed by atoms with Gasteiger partial charge in [-0.1, -0.05) is 26.2 Å². The molecule has 1 aromatic carbocycles. The summed E-state index contributed by atoms with van der Waals surface area (Å²) in [5.74, 6) is 0.238. The Hall–Kier alpha value is -2.64. The van der Waals surface area contributed by atoms with Crippen LogP contribution >= 0.6 is 0 Å². The van der Waals surface area contributed by atoms with Gasteiger partial charge < -0.3 is 19.1 Å². The minimum Gasteiger partial charge on any atom is -0.491 e. The Morgan fingerprint density at radius 2 is 1.53 bits per heavy atom. The highest BCUT2D eigenvalue weighted by Gasteiger charge is 2.14. The van der Waals surface area contributed by atoms with Gasteiger partial charge in [0.25, 0.3) is 0 Å². The zero-order valence-corrected chi connectivity index (χ0v) is 19.9. The van der Waals surface area contributed by atoms with Crippen LogP contribution in [0.1, 0.15) is 72.1 Å². The van der Waals surface area contributed by atoms with E-state index in [1.54, 1.807) is 13.8 Å². The average molecular weight is 451 g/mol. The summed E-state index contributed by atoms with van der Waals surface area (Å²) in [5.41, 5.74) is 7.08. The van der Waals surface area contributed by atoms with Gasteiger partial charge >= 0.3 is 11.9 Å². The topological polar surface area (TPSA) is 103 Å². The zero-order valence-electron chi connectivity index (χ0n) is 19.9.